The zero-order chi connectivity index (χ0) is 21.6. The third kappa shape index (κ3) is 7.04. The second kappa shape index (κ2) is 9.34. The number of rotatable bonds is 4. The first-order valence-electron chi connectivity index (χ1n) is 8.69. The number of alkyl carbamates (subject to hydrolysis) is 1. The highest BCUT2D eigenvalue weighted by molar-refractivity contribution is 6.32. The summed E-state index contributed by atoms with van der Waals surface area (Å²) in [4.78, 5) is 39.0. The van der Waals surface area contributed by atoms with Gasteiger partial charge in [0.2, 0.25) is 0 Å². The predicted octanol–water partition coefficient (Wildman–Crippen LogP) is 4.95. The molecule has 0 atom stereocenters. The van der Waals surface area contributed by atoms with Crippen LogP contribution < -0.4 is 10.1 Å². The summed E-state index contributed by atoms with van der Waals surface area (Å²) in [5, 5.41) is 2.69. The van der Waals surface area contributed by atoms with Crippen LogP contribution >= 0.6 is 11.6 Å². The molecule has 0 aromatic heterocycles. The van der Waals surface area contributed by atoms with Crippen LogP contribution in [0, 0.1) is 0 Å². The number of hydrogen-bond donors (Lipinski definition) is 1. The predicted molar refractivity (Wildman–Crippen MR) is 110 cm³/mol. The number of benzene rings is 2. The highest BCUT2D eigenvalue weighted by atomic mass is 35.5. The van der Waals surface area contributed by atoms with Crippen molar-refractivity contribution in [1.29, 1.82) is 0 Å². The molecule has 0 fully saturated rings. The van der Waals surface area contributed by atoms with Crippen molar-refractivity contribution in [3.05, 3.63) is 58.6 Å². The van der Waals surface area contributed by atoms with E-state index < -0.39 is 17.7 Å². The van der Waals surface area contributed by atoms with Crippen molar-refractivity contribution >= 4 is 41.5 Å². The minimum atomic E-state index is -0.608. The van der Waals surface area contributed by atoms with Gasteiger partial charge in [-0.1, -0.05) is 11.6 Å². The summed E-state index contributed by atoms with van der Waals surface area (Å²) < 4.78 is 10.4. The summed E-state index contributed by atoms with van der Waals surface area (Å²) in [6.45, 7) is 6.92. The molecule has 0 radical (unpaired) electrons. The number of aliphatic imine (C=N–C) groups is 1. The molecule has 0 saturated carbocycles. The summed E-state index contributed by atoms with van der Waals surface area (Å²) in [6, 6.07) is 10.6. The molecule has 0 aliphatic rings. The van der Waals surface area contributed by atoms with Gasteiger partial charge in [0.05, 0.1) is 16.3 Å². The van der Waals surface area contributed by atoms with Gasteiger partial charge in [-0.05, 0) is 70.2 Å². The van der Waals surface area contributed by atoms with Gasteiger partial charge in [-0.25, -0.2) is 14.6 Å². The van der Waals surface area contributed by atoms with Crippen LogP contribution in [0.3, 0.4) is 0 Å². The van der Waals surface area contributed by atoms with E-state index in [0.717, 1.165) is 0 Å². The Morgan fingerprint density at radius 2 is 1.76 bits per heavy atom. The summed E-state index contributed by atoms with van der Waals surface area (Å²) in [5.74, 6) is -0.108. The number of halogens is 1. The van der Waals surface area contributed by atoms with Crippen LogP contribution in [-0.2, 0) is 4.74 Å². The topological polar surface area (TPSA) is 94.1 Å². The summed E-state index contributed by atoms with van der Waals surface area (Å²) in [7, 11) is 0. The van der Waals surface area contributed by atoms with E-state index in [-0.39, 0.29) is 16.3 Å². The Morgan fingerprint density at radius 1 is 1.10 bits per heavy atom. The molecule has 0 aliphatic carbocycles. The molecule has 2 rings (SSSR count). The van der Waals surface area contributed by atoms with Gasteiger partial charge in [0.1, 0.15) is 23.5 Å². The molecular formula is C21H21ClN2O5. The maximum atomic E-state index is 12.3. The number of nitrogens with zero attached hydrogens (tertiary/aromatic N) is 1. The van der Waals surface area contributed by atoms with E-state index in [0.29, 0.717) is 23.4 Å². The first kappa shape index (κ1) is 22.1. The van der Waals surface area contributed by atoms with E-state index in [1.807, 2.05) is 0 Å². The average Bonchev–Trinajstić information content (AvgIpc) is 2.62. The molecule has 29 heavy (non-hydrogen) atoms. The van der Waals surface area contributed by atoms with Crippen molar-refractivity contribution in [2.75, 3.05) is 0 Å². The monoisotopic (exact) mass is 416 g/mol. The summed E-state index contributed by atoms with van der Waals surface area (Å²) >= 11 is 6.01. The van der Waals surface area contributed by atoms with E-state index >= 15 is 0 Å². The maximum absolute atomic E-state index is 12.3. The Morgan fingerprint density at radius 3 is 2.31 bits per heavy atom. The van der Waals surface area contributed by atoms with Crippen molar-refractivity contribution in [1.82, 2.24) is 5.32 Å². The van der Waals surface area contributed by atoms with E-state index in [4.69, 9.17) is 21.1 Å². The minimum absolute atomic E-state index is 0.154. The standard InChI is InChI=1S/C21H21ClN2O5/c1-13(24-20(27)29-21(2,3)4)23-16-8-6-15(7-9-16)19(26)28-18-10-5-14(12-25)11-17(18)22/h5-12H,1-4H3,(H,23,24,27). The average molecular weight is 417 g/mol. The van der Waals surface area contributed by atoms with Crippen LogP contribution in [0.4, 0.5) is 10.5 Å². The first-order chi connectivity index (χ1) is 13.6. The Labute approximate surface area is 173 Å². The van der Waals surface area contributed by atoms with Crippen molar-refractivity contribution in [3.8, 4) is 5.75 Å². The molecular weight excluding hydrogens is 396 g/mol. The van der Waals surface area contributed by atoms with Gasteiger partial charge in [-0.2, -0.15) is 0 Å². The Kier molecular flexibility index (Phi) is 7.12. The normalized spacial score (nSPS) is 11.6. The van der Waals surface area contributed by atoms with Crippen LogP contribution in [0.2, 0.25) is 5.02 Å². The molecule has 2 aromatic rings. The molecule has 2 aromatic carbocycles. The number of esters is 1. The van der Waals surface area contributed by atoms with Gasteiger partial charge in [0.25, 0.3) is 0 Å². The molecule has 0 heterocycles. The first-order valence-corrected chi connectivity index (χ1v) is 9.07. The second-order valence-corrected chi connectivity index (χ2v) is 7.48. The SMILES string of the molecule is CC(=Nc1ccc(C(=O)Oc2ccc(C=O)cc2Cl)cc1)NC(=O)OC(C)(C)C. The van der Waals surface area contributed by atoms with Crippen molar-refractivity contribution < 1.29 is 23.9 Å². The summed E-state index contributed by atoms with van der Waals surface area (Å²) in [5.41, 5.74) is 0.594. The van der Waals surface area contributed by atoms with E-state index in [1.165, 1.54) is 30.3 Å². The summed E-state index contributed by atoms with van der Waals surface area (Å²) in [6.07, 6.45) is 0.0487. The van der Waals surface area contributed by atoms with Crippen LogP contribution in [0.15, 0.2) is 47.5 Å². The van der Waals surface area contributed by atoms with Crippen LogP contribution in [0.25, 0.3) is 0 Å². The molecule has 1 N–H and O–H groups in total. The van der Waals surface area contributed by atoms with Gasteiger partial charge in [-0.3, -0.25) is 10.1 Å². The van der Waals surface area contributed by atoms with Crippen molar-refractivity contribution in [3.63, 3.8) is 0 Å². The fourth-order valence-corrected chi connectivity index (χ4v) is 2.40. The Balaban J connectivity index is 2.03. The van der Waals surface area contributed by atoms with Crippen molar-refractivity contribution in [2.45, 2.75) is 33.3 Å². The number of carbonyl (C=O) groups excluding carboxylic acids is 3. The second-order valence-electron chi connectivity index (χ2n) is 7.07. The quantitative estimate of drug-likeness (QED) is 0.250. The van der Waals surface area contributed by atoms with Crippen LogP contribution in [0.1, 0.15) is 48.4 Å². The van der Waals surface area contributed by atoms with Gasteiger partial charge >= 0.3 is 12.1 Å². The molecule has 7 nitrogen and oxygen atoms in total. The lowest BCUT2D eigenvalue weighted by atomic mass is 10.2. The van der Waals surface area contributed by atoms with Crippen molar-refractivity contribution in [2.24, 2.45) is 4.99 Å². The molecule has 0 unspecified atom stereocenters. The third-order valence-electron chi connectivity index (χ3n) is 3.38. The lowest BCUT2D eigenvalue weighted by Crippen LogP contribution is -2.35. The number of ether oxygens (including phenoxy) is 2. The molecule has 0 aliphatic heterocycles. The highest BCUT2D eigenvalue weighted by Crippen LogP contribution is 2.26. The fourth-order valence-electron chi connectivity index (χ4n) is 2.18. The molecule has 0 saturated heterocycles. The van der Waals surface area contributed by atoms with Gasteiger partial charge < -0.3 is 9.47 Å². The molecule has 0 bridgehead atoms. The molecule has 1 amide bonds. The number of amides is 1. The lowest BCUT2D eigenvalue weighted by molar-refractivity contribution is 0.0562. The van der Waals surface area contributed by atoms with Gasteiger partial charge in [-0.15, -0.1) is 0 Å². The van der Waals surface area contributed by atoms with Gasteiger partial charge in [0, 0.05) is 5.56 Å². The number of aldehydes is 1. The number of carbonyl (C=O) groups is 3. The van der Waals surface area contributed by atoms with Crippen LogP contribution in [0.5, 0.6) is 5.75 Å². The molecule has 0 spiro atoms. The van der Waals surface area contributed by atoms with E-state index in [2.05, 4.69) is 10.3 Å². The van der Waals surface area contributed by atoms with Crippen LogP contribution in [-0.4, -0.2) is 29.8 Å². The number of nitrogens with one attached hydrogen (secondary N) is 1. The largest absolute Gasteiger partial charge is 0.444 e. The molecule has 8 heteroatoms. The minimum Gasteiger partial charge on any atom is -0.444 e. The number of amidine groups is 1. The molecule has 152 valence electrons. The van der Waals surface area contributed by atoms with E-state index in [9.17, 15) is 14.4 Å². The lowest BCUT2D eigenvalue weighted by Gasteiger charge is -2.19. The Bertz CT molecular complexity index is 947. The third-order valence-corrected chi connectivity index (χ3v) is 3.67. The zero-order valence-corrected chi connectivity index (χ0v) is 17.2. The fraction of sp³-hybridized carbons (Fsp3) is 0.238. The zero-order valence-electron chi connectivity index (χ0n) is 16.5. The Hall–Kier alpha value is -3.19. The maximum Gasteiger partial charge on any atom is 0.413 e. The highest BCUT2D eigenvalue weighted by Gasteiger charge is 2.16. The van der Waals surface area contributed by atoms with Gasteiger partial charge in [0.15, 0.2) is 0 Å². The smallest absolute Gasteiger partial charge is 0.413 e. The number of hydrogen-bond acceptors (Lipinski definition) is 6. The van der Waals surface area contributed by atoms with E-state index in [1.54, 1.807) is 39.8 Å².